The van der Waals surface area contributed by atoms with Crippen molar-refractivity contribution in [2.75, 3.05) is 33.7 Å². The van der Waals surface area contributed by atoms with E-state index >= 15 is 0 Å². The first kappa shape index (κ1) is 16.5. The minimum absolute atomic E-state index is 0.000773. The van der Waals surface area contributed by atoms with Crippen LogP contribution in [-0.4, -0.2) is 50.4 Å². The molecule has 1 aliphatic heterocycles. The molecule has 5 heteroatoms. The van der Waals surface area contributed by atoms with Gasteiger partial charge in [0, 0.05) is 32.7 Å². The standard InChI is InChI=1S/C17H25N3O2/c1-20(2)17(22)14-6-3-5-13(11-14)8-10-19-16(21)15-7-4-9-18-12-15/h3,5-6,11,15,18H,4,7-10,12H2,1-2H3,(H,19,21). The van der Waals surface area contributed by atoms with Gasteiger partial charge in [0.15, 0.2) is 0 Å². The lowest BCUT2D eigenvalue weighted by Crippen LogP contribution is -2.41. The summed E-state index contributed by atoms with van der Waals surface area (Å²) in [6.07, 6.45) is 2.76. The Balaban J connectivity index is 1.82. The van der Waals surface area contributed by atoms with Crippen molar-refractivity contribution in [1.82, 2.24) is 15.5 Å². The Morgan fingerprint density at radius 1 is 1.36 bits per heavy atom. The molecule has 2 amide bonds. The average Bonchev–Trinajstić information content (AvgIpc) is 2.55. The minimum atomic E-state index is -0.000773. The van der Waals surface area contributed by atoms with Gasteiger partial charge in [-0.3, -0.25) is 9.59 Å². The lowest BCUT2D eigenvalue weighted by Gasteiger charge is -2.21. The first-order chi connectivity index (χ1) is 10.6. The Morgan fingerprint density at radius 2 is 2.18 bits per heavy atom. The van der Waals surface area contributed by atoms with Crippen LogP contribution in [0.15, 0.2) is 24.3 Å². The molecule has 22 heavy (non-hydrogen) atoms. The van der Waals surface area contributed by atoms with E-state index in [1.165, 1.54) is 0 Å². The van der Waals surface area contributed by atoms with Gasteiger partial charge >= 0.3 is 0 Å². The number of rotatable bonds is 5. The Hall–Kier alpha value is -1.88. The zero-order chi connectivity index (χ0) is 15.9. The van der Waals surface area contributed by atoms with Crippen LogP contribution in [0.4, 0.5) is 0 Å². The summed E-state index contributed by atoms with van der Waals surface area (Å²) in [5.74, 6) is 0.224. The highest BCUT2D eigenvalue weighted by Gasteiger charge is 2.20. The van der Waals surface area contributed by atoms with Crippen LogP contribution in [0.25, 0.3) is 0 Å². The fourth-order valence-electron chi connectivity index (χ4n) is 2.67. The molecule has 1 aliphatic rings. The Labute approximate surface area is 132 Å². The number of piperidine rings is 1. The average molecular weight is 303 g/mol. The van der Waals surface area contributed by atoms with E-state index in [0.717, 1.165) is 37.9 Å². The normalized spacial score (nSPS) is 17.8. The van der Waals surface area contributed by atoms with Crippen LogP contribution in [0.5, 0.6) is 0 Å². The third-order valence-corrected chi connectivity index (χ3v) is 3.96. The van der Waals surface area contributed by atoms with E-state index in [1.807, 2.05) is 24.3 Å². The molecule has 2 rings (SSSR count). The maximum atomic E-state index is 12.0. The fourth-order valence-corrected chi connectivity index (χ4v) is 2.67. The summed E-state index contributed by atoms with van der Waals surface area (Å²) >= 11 is 0. The van der Waals surface area contributed by atoms with Gasteiger partial charge in [0.2, 0.25) is 5.91 Å². The van der Waals surface area contributed by atoms with Crippen molar-refractivity contribution in [3.05, 3.63) is 35.4 Å². The molecule has 1 fully saturated rings. The SMILES string of the molecule is CN(C)C(=O)c1cccc(CCNC(=O)C2CCCNC2)c1. The number of amides is 2. The van der Waals surface area contributed by atoms with E-state index in [0.29, 0.717) is 12.1 Å². The third-order valence-electron chi connectivity index (χ3n) is 3.96. The second-order valence-electron chi connectivity index (χ2n) is 5.98. The van der Waals surface area contributed by atoms with Crippen LogP contribution in [0.1, 0.15) is 28.8 Å². The Morgan fingerprint density at radius 3 is 2.86 bits per heavy atom. The van der Waals surface area contributed by atoms with Gasteiger partial charge < -0.3 is 15.5 Å². The molecule has 0 radical (unpaired) electrons. The first-order valence-corrected chi connectivity index (χ1v) is 7.87. The molecule has 1 unspecified atom stereocenters. The summed E-state index contributed by atoms with van der Waals surface area (Å²) in [7, 11) is 3.49. The molecule has 1 atom stereocenters. The second-order valence-corrected chi connectivity index (χ2v) is 5.98. The number of nitrogens with one attached hydrogen (secondary N) is 2. The van der Waals surface area contributed by atoms with Gasteiger partial charge in [0.1, 0.15) is 0 Å². The first-order valence-electron chi connectivity index (χ1n) is 7.87. The monoisotopic (exact) mass is 303 g/mol. The van der Waals surface area contributed by atoms with Crippen LogP contribution in [-0.2, 0) is 11.2 Å². The zero-order valence-corrected chi connectivity index (χ0v) is 13.4. The van der Waals surface area contributed by atoms with Crippen molar-refractivity contribution in [2.24, 2.45) is 5.92 Å². The van der Waals surface area contributed by atoms with E-state index in [4.69, 9.17) is 0 Å². The van der Waals surface area contributed by atoms with E-state index in [9.17, 15) is 9.59 Å². The number of carbonyl (C=O) groups excluding carboxylic acids is 2. The van der Waals surface area contributed by atoms with Gasteiger partial charge in [-0.15, -0.1) is 0 Å². The number of benzene rings is 1. The molecule has 5 nitrogen and oxygen atoms in total. The van der Waals surface area contributed by atoms with Crippen molar-refractivity contribution in [3.63, 3.8) is 0 Å². The van der Waals surface area contributed by atoms with Gasteiger partial charge in [-0.1, -0.05) is 12.1 Å². The van der Waals surface area contributed by atoms with Gasteiger partial charge in [0.25, 0.3) is 5.91 Å². The predicted octanol–water partition coefficient (Wildman–Crippen LogP) is 1.05. The van der Waals surface area contributed by atoms with E-state index in [-0.39, 0.29) is 17.7 Å². The predicted molar refractivity (Wildman–Crippen MR) is 86.8 cm³/mol. The van der Waals surface area contributed by atoms with Gasteiger partial charge in [0.05, 0.1) is 5.92 Å². The number of hydrogen-bond acceptors (Lipinski definition) is 3. The van der Waals surface area contributed by atoms with Crippen molar-refractivity contribution in [3.8, 4) is 0 Å². The Kier molecular flexibility index (Phi) is 5.95. The molecule has 2 N–H and O–H groups in total. The second kappa shape index (κ2) is 7.94. The number of carbonyl (C=O) groups is 2. The molecule has 1 saturated heterocycles. The van der Waals surface area contributed by atoms with Crippen molar-refractivity contribution < 1.29 is 9.59 Å². The van der Waals surface area contributed by atoms with Crippen LogP contribution >= 0.6 is 0 Å². The maximum absolute atomic E-state index is 12.0. The fraction of sp³-hybridized carbons (Fsp3) is 0.529. The highest BCUT2D eigenvalue weighted by atomic mass is 16.2. The molecule has 1 aromatic carbocycles. The smallest absolute Gasteiger partial charge is 0.253 e. The largest absolute Gasteiger partial charge is 0.355 e. The number of nitrogens with zero attached hydrogens (tertiary/aromatic N) is 1. The molecule has 1 heterocycles. The van der Waals surface area contributed by atoms with Crippen molar-refractivity contribution >= 4 is 11.8 Å². The van der Waals surface area contributed by atoms with E-state index in [2.05, 4.69) is 10.6 Å². The third kappa shape index (κ3) is 4.56. The van der Waals surface area contributed by atoms with E-state index in [1.54, 1.807) is 19.0 Å². The zero-order valence-electron chi connectivity index (χ0n) is 13.4. The van der Waals surface area contributed by atoms with Crippen LogP contribution < -0.4 is 10.6 Å². The molecule has 0 aliphatic carbocycles. The summed E-state index contributed by atoms with van der Waals surface area (Å²) in [4.78, 5) is 25.5. The summed E-state index contributed by atoms with van der Waals surface area (Å²) in [6.45, 7) is 2.39. The highest BCUT2D eigenvalue weighted by molar-refractivity contribution is 5.94. The molecule has 120 valence electrons. The lowest BCUT2D eigenvalue weighted by molar-refractivity contribution is -0.125. The topological polar surface area (TPSA) is 61.4 Å². The molecule has 1 aromatic rings. The van der Waals surface area contributed by atoms with Gasteiger partial charge in [-0.25, -0.2) is 0 Å². The molecular weight excluding hydrogens is 278 g/mol. The van der Waals surface area contributed by atoms with E-state index < -0.39 is 0 Å². The lowest BCUT2D eigenvalue weighted by atomic mass is 9.99. The van der Waals surface area contributed by atoms with Crippen molar-refractivity contribution in [2.45, 2.75) is 19.3 Å². The van der Waals surface area contributed by atoms with Crippen LogP contribution in [0, 0.1) is 5.92 Å². The number of hydrogen-bond donors (Lipinski definition) is 2. The van der Waals surface area contributed by atoms with Crippen LogP contribution in [0.3, 0.4) is 0 Å². The van der Waals surface area contributed by atoms with Gasteiger partial charge in [-0.2, -0.15) is 0 Å². The maximum Gasteiger partial charge on any atom is 0.253 e. The van der Waals surface area contributed by atoms with Gasteiger partial charge in [-0.05, 0) is 43.5 Å². The Bertz CT molecular complexity index is 522. The molecular formula is C17H25N3O2. The summed E-state index contributed by atoms with van der Waals surface area (Å²) in [5, 5.41) is 6.25. The van der Waals surface area contributed by atoms with Crippen LogP contribution in [0.2, 0.25) is 0 Å². The minimum Gasteiger partial charge on any atom is -0.355 e. The summed E-state index contributed by atoms with van der Waals surface area (Å²) in [6, 6.07) is 7.59. The summed E-state index contributed by atoms with van der Waals surface area (Å²) < 4.78 is 0. The molecule has 0 aromatic heterocycles. The molecule has 0 spiro atoms. The molecule has 0 bridgehead atoms. The quantitative estimate of drug-likeness (QED) is 0.854. The summed E-state index contributed by atoms with van der Waals surface area (Å²) in [5.41, 5.74) is 1.75. The highest BCUT2D eigenvalue weighted by Crippen LogP contribution is 2.10. The molecule has 0 saturated carbocycles. The van der Waals surface area contributed by atoms with Crippen molar-refractivity contribution in [1.29, 1.82) is 0 Å².